The van der Waals surface area contributed by atoms with Crippen LogP contribution in [0.3, 0.4) is 0 Å². The maximum Gasteiger partial charge on any atom is 0.108 e. The Hall–Kier alpha value is -0.760. The van der Waals surface area contributed by atoms with E-state index in [-0.39, 0.29) is 0 Å². The van der Waals surface area contributed by atoms with Crippen molar-refractivity contribution < 1.29 is 4.42 Å². The molecule has 1 saturated carbocycles. The van der Waals surface area contributed by atoms with Gasteiger partial charge in [-0.25, -0.2) is 0 Å². The zero-order valence-electron chi connectivity index (χ0n) is 6.99. The van der Waals surface area contributed by atoms with Gasteiger partial charge in [-0.1, -0.05) is 0 Å². The molecule has 2 heteroatoms. The molecule has 1 N–H and O–H groups in total. The van der Waals surface area contributed by atoms with Crippen molar-refractivity contribution in [3.8, 4) is 0 Å². The Morgan fingerprint density at radius 3 is 3.00 bits per heavy atom. The van der Waals surface area contributed by atoms with Crippen LogP contribution in [-0.4, -0.2) is 12.6 Å². The van der Waals surface area contributed by atoms with E-state index < -0.39 is 0 Å². The van der Waals surface area contributed by atoms with Crippen molar-refractivity contribution in [3.63, 3.8) is 0 Å². The average Bonchev–Trinajstić information content (AvgIpc) is 2.81. The molecule has 0 amide bonds. The molecule has 12 heavy (non-hydrogen) atoms. The molecular weight excluding hydrogens is 150 g/mol. The summed E-state index contributed by atoms with van der Waals surface area (Å²) < 4.78 is 5.43. The highest BCUT2D eigenvalue weighted by Crippen LogP contribution is 2.42. The van der Waals surface area contributed by atoms with Crippen molar-refractivity contribution in [3.05, 3.63) is 24.2 Å². The molecule has 1 aromatic rings. The minimum absolute atomic E-state index is 0.652. The molecule has 1 aliphatic carbocycles. The molecular formula is C10H13NO. The Bertz CT molecular complexity index is 267. The second-order valence-corrected chi connectivity index (χ2v) is 3.97. The van der Waals surface area contributed by atoms with E-state index in [1.54, 1.807) is 6.26 Å². The topological polar surface area (TPSA) is 25.2 Å². The molecule has 64 valence electrons. The summed E-state index contributed by atoms with van der Waals surface area (Å²) in [4.78, 5) is 0. The summed E-state index contributed by atoms with van der Waals surface area (Å²) in [7, 11) is 0. The highest BCUT2D eigenvalue weighted by atomic mass is 16.3. The van der Waals surface area contributed by atoms with Crippen LogP contribution in [0.1, 0.15) is 24.5 Å². The van der Waals surface area contributed by atoms with Crippen molar-refractivity contribution in [2.75, 3.05) is 6.54 Å². The summed E-state index contributed by atoms with van der Waals surface area (Å²) in [6.45, 7) is 1.22. The Kier molecular flexibility index (Phi) is 1.32. The van der Waals surface area contributed by atoms with E-state index in [9.17, 15) is 0 Å². The van der Waals surface area contributed by atoms with Gasteiger partial charge in [-0.15, -0.1) is 0 Å². The molecule has 0 spiro atoms. The third-order valence-electron chi connectivity index (χ3n) is 3.24. The van der Waals surface area contributed by atoms with Crippen LogP contribution in [0.2, 0.25) is 0 Å². The van der Waals surface area contributed by atoms with E-state index >= 15 is 0 Å². The molecule has 2 nitrogen and oxygen atoms in total. The SMILES string of the molecule is c1coc([C@@H]2C[C@H]3CN[C@@H]2C3)c1. The summed E-state index contributed by atoms with van der Waals surface area (Å²) in [5.74, 6) is 2.73. The third-order valence-corrected chi connectivity index (χ3v) is 3.24. The number of hydrogen-bond donors (Lipinski definition) is 1. The lowest BCUT2D eigenvalue weighted by Gasteiger charge is -2.20. The van der Waals surface area contributed by atoms with Crippen molar-refractivity contribution in [1.82, 2.24) is 5.32 Å². The maximum atomic E-state index is 5.43. The first kappa shape index (κ1) is 6.72. The normalized spacial score (nSPS) is 39.2. The number of piperidine rings is 1. The standard InChI is InChI=1S/C10H13NO/c1-2-10(12-3-1)8-4-7-5-9(8)11-6-7/h1-3,7-9,11H,4-6H2/t7-,8-,9-/m1/s1. The van der Waals surface area contributed by atoms with Crippen LogP contribution in [0.25, 0.3) is 0 Å². The summed E-state index contributed by atoms with van der Waals surface area (Å²) in [6.07, 6.45) is 4.46. The number of furan rings is 1. The number of hydrogen-bond acceptors (Lipinski definition) is 2. The van der Waals surface area contributed by atoms with Gasteiger partial charge in [-0.2, -0.15) is 0 Å². The van der Waals surface area contributed by atoms with Crippen LogP contribution < -0.4 is 5.32 Å². The predicted molar refractivity (Wildman–Crippen MR) is 46.0 cm³/mol. The van der Waals surface area contributed by atoms with Crippen molar-refractivity contribution in [2.24, 2.45) is 5.92 Å². The molecule has 1 aromatic heterocycles. The van der Waals surface area contributed by atoms with Gasteiger partial charge in [0.2, 0.25) is 0 Å². The molecule has 2 fully saturated rings. The summed E-state index contributed by atoms with van der Waals surface area (Å²) in [5.41, 5.74) is 0. The van der Waals surface area contributed by atoms with Crippen LogP contribution in [0.5, 0.6) is 0 Å². The van der Waals surface area contributed by atoms with Gasteiger partial charge in [-0.3, -0.25) is 0 Å². The lowest BCUT2D eigenvalue weighted by molar-refractivity contribution is 0.379. The number of nitrogens with one attached hydrogen (secondary N) is 1. The highest BCUT2D eigenvalue weighted by Gasteiger charge is 2.41. The van der Waals surface area contributed by atoms with Crippen LogP contribution in [-0.2, 0) is 0 Å². The van der Waals surface area contributed by atoms with Gasteiger partial charge in [0, 0.05) is 12.0 Å². The molecule has 2 heterocycles. The molecule has 2 bridgehead atoms. The lowest BCUT2D eigenvalue weighted by atomic mass is 9.97. The summed E-state index contributed by atoms with van der Waals surface area (Å²) >= 11 is 0. The molecule has 3 rings (SSSR count). The van der Waals surface area contributed by atoms with E-state index in [4.69, 9.17) is 4.42 Å². The highest BCUT2D eigenvalue weighted by molar-refractivity contribution is 5.14. The Balaban J connectivity index is 1.87. The molecule has 3 atom stereocenters. The minimum atomic E-state index is 0.652. The smallest absolute Gasteiger partial charge is 0.108 e. The first-order chi connectivity index (χ1) is 5.93. The van der Waals surface area contributed by atoms with Crippen LogP contribution in [0, 0.1) is 5.92 Å². The van der Waals surface area contributed by atoms with E-state index in [1.165, 1.54) is 25.1 Å². The second-order valence-electron chi connectivity index (χ2n) is 3.97. The van der Waals surface area contributed by atoms with E-state index in [2.05, 4.69) is 11.4 Å². The predicted octanol–water partition coefficient (Wildman–Crippen LogP) is 1.74. The van der Waals surface area contributed by atoms with Crippen molar-refractivity contribution in [2.45, 2.75) is 24.8 Å². The first-order valence-corrected chi connectivity index (χ1v) is 4.70. The second kappa shape index (κ2) is 2.36. The molecule has 1 aliphatic heterocycles. The third kappa shape index (κ3) is 0.845. The zero-order chi connectivity index (χ0) is 7.97. The van der Waals surface area contributed by atoms with Gasteiger partial charge in [0.15, 0.2) is 0 Å². The van der Waals surface area contributed by atoms with E-state index in [1.807, 2.05) is 6.07 Å². The summed E-state index contributed by atoms with van der Waals surface area (Å²) in [5, 5.41) is 3.53. The van der Waals surface area contributed by atoms with Crippen LogP contribution in [0.15, 0.2) is 22.8 Å². The van der Waals surface area contributed by atoms with E-state index in [0.29, 0.717) is 12.0 Å². The fourth-order valence-corrected chi connectivity index (χ4v) is 2.67. The fourth-order valence-electron chi connectivity index (χ4n) is 2.67. The van der Waals surface area contributed by atoms with Crippen LogP contribution >= 0.6 is 0 Å². The van der Waals surface area contributed by atoms with Crippen molar-refractivity contribution in [1.29, 1.82) is 0 Å². The molecule has 1 saturated heterocycles. The number of rotatable bonds is 1. The van der Waals surface area contributed by atoms with Gasteiger partial charge in [-0.05, 0) is 37.4 Å². The maximum absolute atomic E-state index is 5.43. The zero-order valence-corrected chi connectivity index (χ0v) is 6.99. The molecule has 2 aliphatic rings. The van der Waals surface area contributed by atoms with Gasteiger partial charge >= 0.3 is 0 Å². The molecule has 0 unspecified atom stereocenters. The summed E-state index contributed by atoms with van der Waals surface area (Å²) in [6, 6.07) is 4.79. The Morgan fingerprint density at radius 2 is 2.42 bits per heavy atom. The Labute approximate surface area is 72.0 Å². The average molecular weight is 163 g/mol. The molecule has 0 radical (unpaired) electrons. The van der Waals surface area contributed by atoms with Gasteiger partial charge in [0.25, 0.3) is 0 Å². The van der Waals surface area contributed by atoms with Gasteiger partial charge in [0.1, 0.15) is 5.76 Å². The Morgan fingerprint density at radius 1 is 1.42 bits per heavy atom. The monoisotopic (exact) mass is 163 g/mol. The van der Waals surface area contributed by atoms with Crippen molar-refractivity contribution >= 4 is 0 Å². The fraction of sp³-hybridized carbons (Fsp3) is 0.600. The quantitative estimate of drug-likeness (QED) is 0.682. The first-order valence-electron chi connectivity index (χ1n) is 4.70. The largest absolute Gasteiger partial charge is 0.469 e. The van der Waals surface area contributed by atoms with Gasteiger partial charge < -0.3 is 9.73 Å². The lowest BCUT2D eigenvalue weighted by Crippen LogP contribution is -2.30. The van der Waals surface area contributed by atoms with Crippen LogP contribution in [0.4, 0.5) is 0 Å². The molecule has 0 aromatic carbocycles. The minimum Gasteiger partial charge on any atom is -0.469 e. The van der Waals surface area contributed by atoms with Gasteiger partial charge in [0.05, 0.1) is 6.26 Å². The van der Waals surface area contributed by atoms with E-state index in [0.717, 1.165) is 5.92 Å². The number of fused-ring (bicyclic) bond motifs is 2.